The monoisotopic (exact) mass is 217 g/mol. The zero-order valence-electron chi connectivity index (χ0n) is 8.18. The maximum absolute atomic E-state index is 13.0. The zero-order valence-corrected chi connectivity index (χ0v) is 8.94. The van der Waals surface area contributed by atoms with Crippen LogP contribution in [-0.2, 0) is 6.42 Å². The first-order valence-electron chi connectivity index (χ1n) is 4.32. The highest BCUT2D eigenvalue weighted by atomic mass is 35.5. The fourth-order valence-electron chi connectivity index (χ4n) is 1.34. The summed E-state index contributed by atoms with van der Waals surface area (Å²) in [6.07, 6.45) is 0.542. The van der Waals surface area contributed by atoms with E-state index in [2.05, 4.69) is 0 Å². The minimum Gasteiger partial charge on any atom is -0.495 e. The largest absolute Gasteiger partial charge is 0.495 e. The summed E-state index contributed by atoms with van der Waals surface area (Å²) in [5.74, 6) is 0.136. The molecular formula is C10H13ClFNO. The predicted octanol–water partition coefficient (Wildman–Crippen LogP) is 2.38. The van der Waals surface area contributed by atoms with E-state index in [1.807, 2.05) is 6.92 Å². The second-order valence-corrected chi connectivity index (χ2v) is 3.67. The molecule has 0 aliphatic rings. The topological polar surface area (TPSA) is 35.2 Å². The van der Waals surface area contributed by atoms with E-state index in [0.717, 1.165) is 0 Å². The SMILES string of the molecule is COc1c(Cl)cc(F)cc1CC(C)N. The Balaban J connectivity index is 3.11. The highest BCUT2D eigenvalue weighted by Gasteiger charge is 2.11. The number of hydrogen-bond acceptors (Lipinski definition) is 2. The van der Waals surface area contributed by atoms with Crippen molar-refractivity contribution in [2.45, 2.75) is 19.4 Å². The van der Waals surface area contributed by atoms with Gasteiger partial charge in [0.2, 0.25) is 0 Å². The molecule has 0 saturated heterocycles. The first-order valence-corrected chi connectivity index (χ1v) is 4.70. The van der Waals surface area contributed by atoms with Crippen molar-refractivity contribution < 1.29 is 9.13 Å². The lowest BCUT2D eigenvalue weighted by atomic mass is 10.1. The lowest BCUT2D eigenvalue weighted by Gasteiger charge is -2.12. The highest BCUT2D eigenvalue weighted by molar-refractivity contribution is 6.32. The van der Waals surface area contributed by atoms with Gasteiger partial charge in [-0.1, -0.05) is 11.6 Å². The summed E-state index contributed by atoms with van der Waals surface area (Å²) in [5.41, 5.74) is 6.33. The zero-order chi connectivity index (χ0) is 10.7. The predicted molar refractivity (Wildman–Crippen MR) is 55.3 cm³/mol. The molecule has 0 saturated carbocycles. The number of benzene rings is 1. The van der Waals surface area contributed by atoms with Gasteiger partial charge in [0.05, 0.1) is 12.1 Å². The lowest BCUT2D eigenvalue weighted by Crippen LogP contribution is -2.18. The van der Waals surface area contributed by atoms with Crippen LogP contribution in [0.25, 0.3) is 0 Å². The third kappa shape index (κ3) is 2.59. The fraction of sp³-hybridized carbons (Fsp3) is 0.400. The Hall–Kier alpha value is -0.800. The molecule has 0 heterocycles. The number of rotatable bonds is 3. The second-order valence-electron chi connectivity index (χ2n) is 3.26. The van der Waals surface area contributed by atoms with Crippen LogP contribution in [0.2, 0.25) is 5.02 Å². The first-order chi connectivity index (χ1) is 6.54. The van der Waals surface area contributed by atoms with Crippen molar-refractivity contribution >= 4 is 11.6 Å². The quantitative estimate of drug-likeness (QED) is 0.844. The van der Waals surface area contributed by atoms with E-state index in [0.29, 0.717) is 17.7 Å². The maximum atomic E-state index is 13.0. The molecule has 1 unspecified atom stereocenters. The molecule has 0 aromatic heterocycles. The Morgan fingerprint density at radius 2 is 2.21 bits per heavy atom. The van der Waals surface area contributed by atoms with Gasteiger partial charge in [0.25, 0.3) is 0 Å². The lowest BCUT2D eigenvalue weighted by molar-refractivity contribution is 0.407. The molecule has 0 aliphatic heterocycles. The van der Waals surface area contributed by atoms with Crippen LogP contribution in [0, 0.1) is 5.82 Å². The molecule has 0 bridgehead atoms. The van der Waals surface area contributed by atoms with Gasteiger partial charge in [-0.2, -0.15) is 0 Å². The van der Waals surface area contributed by atoms with Gasteiger partial charge in [0.15, 0.2) is 0 Å². The summed E-state index contributed by atoms with van der Waals surface area (Å²) >= 11 is 5.81. The van der Waals surface area contributed by atoms with Gasteiger partial charge in [0, 0.05) is 11.6 Å². The molecule has 1 aromatic carbocycles. The fourth-order valence-corrected chi connectivity index (χ4v) is 1.64. The van der Waals surface area contributed by atoms with E-state index >= 15 is 0 Å². The Morgan fingerprint density at radius 1 is 1.57 bits per heavy atom. The Kier molecular flexibility index (Phi) is 3.72. The molecule has 2 nitrogen and oxygen atoms in total. The van der Waals surface area contributed by atoms with Crippen LogP contribution < -0.4 is 10.5 Å². The third-order valence-corrected chi connectivity index (χ3v) is 2.11. The molecule has 14 heavy (non-hydrogen) atoms. The van der Waals surface area contributed by atoms with Crippen molar-refractivity contribution in [1.29, 1.82) is 0 Å². The van der Waals surface area contributed by atoms with Gasteiger partial charge >= 0.3 is 0 Å². The summed E-state index contributed by atoms with van der Waals surface area (Å²) in [4.78, 5) is 0. The number of hydrogen-bond donors (Lipinski definition) is 1. The number of ether oxygens (including phenoxy) is 1. The van der Waals surface area contributed by atoms with E-state index in [4.69, 9.17) is 22.1 Å². The number of methoxy groups -OCH3 is 1. The van der Waals surface area contributed by atoms with Crippen molar-refractivity contribution in [3.63, 3.8) is 0 Å². The van der Waals surface area contributed by atoms with Crippen LogP contribution in [0.4, 0.5) is 4.39 Å². The van der Waals surface area contributed by atoms with Crippen LogP contribution >= 0.6 is 11.6 Å². The summed E-state index contributed by atoms with van der Waals surface area (Å²) in [7, 11) is 1.50. The minimum absolute atomic E-state index is 0.0539. The molecule has 0 aliphatic carbocycles. The van der Waals surface area contributed by atoms with Crippen LogP contribution in [0.5, 0.6) is 5.75 Å². The standard InChI is InChI=1S/C10H13ClFNO/c1-6(13)3-7-4-8(12)5-9(11)10(7)14-2/h4-6H,3,13H2,1-2H3. The van der Waals surface area contributed by atoms with Crippen molar-refractivity contribution in [3.05, 3.63) is 28.5 Å². The molecule has 4 heteroatoms. The van der Waals surface area contributed by atoms with Gasteiger partial charge in [0.1, 0.15) is 11.6 Å². The summed E-state index contributed by atoms with van der Waals surface area (Å²) in [6, 6.07) is 2.57. The van der Waals surface area contributed by atoms with Crippen molar-refractivity contribution in [2.24, 2.45) is 5.73 Å². The molecule has 0 spiro atoms. The average Bonchev–Trinajstić information content (AvgIpc) is 2.01. The van der Waals surface area contributed by atoms with Crippen LogP contribution in [0.3, 0.4) is 0 Å². The van der Waals surface area contributed by atoms with Gasteiger partial charge < -0.3 is 10.5 Å². The van der Waals surface area contributed by atoms with E-state index in [1.165, 1.54) is 19.2 Å². The van der Waals surface area contributed by atoms with Gasteiger partial charge in [-0.3, -0.25) is 0 Å². The molecule has 0 radical (unpaired) electrons. The van der Waals surface area contributed by atoms with Gasteiger partial charge in [-0.15, -0.1) is 0 Å². The van der Waals surface area contributed by atoms with E-state index in [-0.39, 0.29) is 16.9 Å². The molecule has 0 fully saturated rings. The molecule has 1 rings (SSSR count). The summed E-state index contributed by atoms with van der Waals surface area (Å²) < 4.78 is 18.1. The van der Waals surface area contributed by atoms with E-state index in [1.54, 1.807) is 0 Å². The third-order valence-electron chi connectivity index (χ3n) is 1.83. The molecular weight excluding hydrogens is 205 g/mol. The van der Waals surface area contributed by atoms with E-state index in [9.17, 15) is 4.39 Å². The number of nitrogens with two attached hydrogens (primary N) is 1. The maximum Gasteiger partial charge on any atom is 0.140 e. The Morgan fingerprint density at radius 3 is 2.71 bits per heavy atom. The van der Waals surface area contributed by atoms with Crippen molar-refractivity contribution in [2.75, 3.05) is 7.11 Å². The van der Waals surface area contributed by atoms with Gasteiger partial charge in [-0.25, -0.2) is 4.39 Å². The molecule has 78 valence electrons. The van der Waals surface area contributed by atoms with E-state index < -0.39 is 0 Å². The molecule has 1 aromatic rings. The normalized spacial score (nSPS) is 12.6. The molecule has 2 N–H and O–H groups in total. The Bertz CT molecular complexity index is 328. The van der Waals surface area contributed by atoms with Gasteiger partial charge in [-0.05, 0) is 25.5 Å². The molecule has 0 amide bonds. The van der Waals surface area contributed by atoms with Crippen LogP contribution in [0.1, 0.15) is 12.5 Å². The summed E-state index contributed by atoms with van der Waals surface area (Å²) in [6.45, 7) is 1.85. The van der Waals surface area contributed by atoms with Crippen molar-refractivity contribution in [3.8, 4) is 5.75 Å². The highest BCUT2D eigenvalue weighted by Crippen LogP contribution is 2.30. The molecule has 1 atom stereocenters. The first kappa shape index (κ1) is 11.3. The van der Waals surface area contributed by atoms with Crippen LogP contribution in [0.15, 0.2) is 12.1 Å². The smallest absolute Gasteiger partial charge is 0.140 e. The summed E-state index contributed by atoms with van der Waals surface area (Å²) in [5, 5.41) is 0.281. The number of halogens is 2. The minimum atomic E-state index is -0.369. The Labute approximate surface area is 87.8 Å². The average molecular weight is 218 g/mol. The second kappa shape index (κ2) is 4.62. The van der Waals surface area contributed by atoms with Crippen molar-refractivity contribution in [1.82, 2.24) is 0 Å². The van der Waals surface area contributed by atoms with Crippen LogP contribution in [-0.4, -0.2) is 13.2 Å².